The van der Waals surface area contributed by atoms with Crippen molar-refractivity contribution in [2.45, 2.75) is 30.8 Å². The SMILES string of the molecule is CCN(CC)S(=O)(=O)c1ccc(NC(=O)CSc2nnc3c(C)cc4cc(OC)ccc4n23)cc1. The highest BCUT2D eigenvalue weighted by Crippen LogP contribution is 2.28. The number of aromatic nitrogens is 3. The van der Waals surface area contributed by atoms with Crippen LogP contribution in [-0.4, -0.2) is 59.2 Å². The van der Waals surface area contributed by atoms with Crippen LogP contribution < -0.4 is 10.1 Å². The number of amides is 1. The Morgan fingerprint density at radius 1 is 1.09 bits per heavy atom. The number of anilines is 1. The number of rotatable bonds is 9. The Balaban J connectivity index is 1.49. The maximum atomic E-state index is 12.6. The van der Waals surface area contributed by atoms with Crippen molar-refractivity contribution in [2.24, 2.45) is 0 Å². The fraction of sp³-hybridized carbons (Fsp3) is 0.292. The number of pyridine rings is 1. The number of hydrogen-bond acceptors (Lipinski definition) is 7. The monoisotopic (exact) mass is 513 g/mol. The third-order valence-corrected chi connectivity index (χ3v) is 8.64. The minimum Gasteiger partial charge on any atom is -0.497 e. The predicted octanol–water partition coefficient (Wildman–Crippen LogP) is 3.96. The molecule has 0 unspecified atom stereocenters. The summed E-state index contributed by atoms with van der Waals surface area (Å²) in [7, 11) is -1.91. The number of methoxy groups -OCH3 is 1. The van der Waals surface area contributed by atoms with Crippen LogP contribution in [0.3, 0.4) is 0 Å². The second kappa shape index (κ2) is 10.2. The van der Waals surface area contributed by atoms with Crippen LogP contribution in [0.1, 0.15) is 19.4 Å². The average molecular weight is 514 g/mol. The molecule has 0 atom stereocenters. The Morgan fingerprint density at radius 2 is 1.80 bits per heavy atom. The highest BCUT2D eigenvalue weighted by atomic mass is 32.2. The zero-order chi connectivity index (χ0) is 25.2. The van der Waals surface area contributed by atoms with Crippen LogP contribution in [0.15, 0.2) is 58.6 Å². The molecular formula is C24H27N5O4S2. The normalized spacial score (nSPS) is 11.9. The highest BCUT2D eigenvalue weighted by Gasteiger charge is 2.21. The molecule has 1 amide bonds. The van der Waals surface area contributed by atoms with Gasteiger partial charge in [-0.2, -0.15) is 4.31 Å². The first kappa shape index (κ1) is 25.0. The Kier molecular flexibility index (Phi) is 7.29. The van der Waals surface area contributed by atoms with Crippen LogP contribution in [0, 0.1) is 6.92 Å². The number of carbonyl (C=O) groups is 1. The molecule has 11 heteroatoms. The quantitative estimate of drug-likeness (QED) is 0.338. The second-order valence-corrected chi connectivity index (χ2v) is 10.7. The fourth-order valence-corrected chi connectivity index (χ4v) is 6.07. The van der Waals surface area contributed by atoms with Gasteiger partial charge in [0.05, 0.1) is 23.3 Å². The number of aryl methyl sites for hydroxylation is 1. The van der Waals surface area contributed by atoms with E-state index >= 15 is 0 Å². The van der Waals surface area contributed by atoms with Gasteiger partial charge >= 0.3 is 0 Å². The molecule has 1 N–H and O–H groups in total. The second-order valence-electron chi connectivity index (χ2n) is 7.84. The lowest BCUT2D eigenvalue weighted by molar-refractivity contribution is -0.113. The van der Waals surface area contributed by atoms with Crippen LogP contribution in [-0.2, 0) is 14.8 Å². The van der Waals surface area contributed by atoms with Gasteiger partial charge in [-0.3, -0.25) is 9.20 Å². The van der Waals surface area contributed by atoms with Crippen LogP contribution in [0.25, 0.3) is 16.6 Å². The van der Waals surface area contributed by atoms with E-state index in [-0.39, 0.29) is 16.6 Å². The number of carbonyl (C=O) groups excluding carboxylic acids is 1. The van der Waals surface area contributed by atoms with Gasteiger partial charge < -0.3 is 10.1 Å². The van der Waals surface area contributed by atoms with Gasteiger partial charge in [0, 0.05) is 24.2 Å². The van der Waals surface area contributed by atoms with Gasteiger partial charge in [0.25, 0.3) is 0 Å². The molecule has 2 heterocycles. The molecule has 2 aromatic carbocycles. The van der Waals surface area contributed by atoms with E-state index in [2.05, 4.69) is 15.5 Å². The van der Waals surface area contributed by atoms with Gasteiger partial charge in [-0.15, -0.1) is 10.2 Å². The van der Waals surface area contributed by atoms with E-state index in [1.54, 1.807) is 33.1 Å². The molecular weight excluding hydrogens is 486 g/mol. The van der Waals surface area contributed by atoms with Crippen molar-refractivity contribution >= 4 is 49.9 Å². The van der Waals surface area contributed by atoms with Crippen molar-refractivity contribution in [3.8, 4) is 5.75 Å². The van der Waals surface area contributed by atoms with Crippen molar-refractivity contribution in [1.29, 1.82) is 0 Å². The Morgan fingerprint density at radius 3 is 2.46 bits per heavy atom. The number of thioether (sulfide) groups is 1. The zero-order valence-corrected chi connectivity index (χ0v) is 21.6. The van der Waals surface area contributed by atoms with E-state index in [1.807, 2.05) is 35.6 Å². The molecule has 0 saturated carbocycles. The third-order valence-electron chi connectivity index (χ3n) is 5.65. The maximum Gasteiger partial charge on any atom is 0.243 e. The van der Waals surface area contributed by atoms with Crippen molar-refractivity contribution in [1.82, 2.24) is 18.9 Å². The van der Waals surface area contributed by atoms with Gasteiger partial charge in [-0.1, -0.05) is 25.6 Å². The first-order valence-corrected chi connectivity index (χ1v) is 13.6. The summed E-state index contributed by atoms with van der Waals surface area (Å²) in [5.41, 5.74) is 3.14. The lowest BCUT2D eigenvalue weighted by Crippen LogP contribution is -2.30. The number of nitrogens with one attached hydrogen (secondary N) is 1. The molecule has 0 aliphatic rings. The first-order valence-electron chi connectivity index (χ1n) is 11.1. The van der Waals surface area contributed by atoms with Crippen molar-refractivity contribution in [3.05, 3.63) is 54.1 Å². The molecule has 0 spiro atoms. The minimum atomic E-state index is -3.54. The van der Waals surface area contributed by atoms with Crippen molar-refractivity contribution in [2.75, 3.05) is 31.3 Å². The standard InChI is InChI=1S/C24H27N5O4S2/c1-5-28(6-2)35(31,32)20-10-7-18(8-11-20)25-22(30)15-34-24-27-26-23-16(3)13-17-14-19(33-4)9-12-21(17)29(23)24/h7-14H,5-6,15H2,1-4H3,(H,25,30). The summed E-state index contributed by atoms with van der Waals surface area (Å²) in [6, 6.07) is 14.0. The summed E-state index contributed by atoms with van der Waals surface area (Å²) < 4.78 is 33.9. The summed E-state index contributed by atoms with van der Waals surface area (Å²) in [4.78, 5) is 12.8. The van der Waals surface area contributed by atoms with Crippen LogP contribution in [0.2, 0.25) is 0 Å². The Labute approximate surface area is 208 Å². The minimum absolute atomic E-state index is 0.117. The summed E-state index contributed by atoms with van der Waals surface area (Å²) in [6.45, 7) is 6.36. The van der Waals surface area contributed by atoms with Crippen molar-refractivity contribution < 1.29 is 17.9 Å². The third kappa shape index (κ3) is 4.97. The van der Waals surface area contributed by atoms with E-state index in [4.69, 9.17) is 4.74 Å². The molecule has 0 aliphatic carbocycles. The average Bonchev–Trinajstić information content (AvgIpc) is 3.28. The molecule has 4 aromatic rings. The van der Waals surface area contributed by atoms with Gasteiger partial charge in [-0.05, 0) is 61.0 Å². The lowest BCUT2D eigenvalue weighted by atomic mass is 10.1. The maximum absolute atomic E-state index is 12.6. The smallest absolute Gasteiger partial charge is 0.243 e. The largest absolute Gasteiger partial charge is 0.497 e. The lowest BCUT2D eigenvalue weighted by Gasteiger charge is -2.18. The van der Waals surface area contributed by atoms with Gasteiger partial charge in [-0.25, -0.2) is 8.42 Å². The molecule has 0 saturated heterocycles. The van der Waals surface area contributed by atoms with Crippen LogP contribution in [0.4, 0.5) is 5.69 Å². The molecule has 4 rings (SSSR count). The first-order chi connectivity index (χ1) is 16.8. The van der Waals surface area contributed by atoms with E-state index in [1.165, 1.54) is 28.2 Å². The highest BCUT2D eigenvalue weighted by molar-refractivity contribution is 7.99. The Bertz CT molecular complexity index is 1480. The summed E-state index contributed by atoms with van der Waals surface area (Å²) in [6.07, 6.45) is 0. The number of nitrogens with zero attached hydrogens (tertiary/aromatic N) is 4. The molecule has 0 aliphatic heterocycles. The van der Waals surface area contributed by atoms with E-state index in [0.29, 0.717) is 23.9 Å². The molecule has 184 valence electrons. The van der Waals surface area contributed by atoms with Gasteiger partial charge in [0.15, 0.2) is 10.8 Å². The van der Waals surface area contributed by atoms with E-state index < -0.39 is 10.0 Å². The van der Waals surface area contributed by atoms with E-state index in [9.17, 15) is 13.2 Å². The summed E-state index contributed by atoms with van der Waals surface area (Å²) in [5.74, 6) is 0.643. The number of sulfonamides is 1. The van der Waals surface area contributed by atoms with Gasteiger partial charge in [0.1, 0.15) is 5.75 Å². The molecule has 9 nitrogen and oxygen atoms in total. The van der Waals surface area contributed by atoms with Gasteiger partial charge in [0.2, 0.25) is 15.9 Å². The van der Waals surface area contributed by atoms with Crippen molar-refractivity contribution in [3.63, 3.8) is 0 Å². The van der Waals surface area contributed by atoms with Crippen LogP contribution in [0.5, 0.6) is 5.75 Å². The summed E-state index contributed by atoms with van der Waals surface area (Å²) in [5, 5.41) is 13.0. The van der Waals surface area contributed by atoms with E-state index in [0.717, 1.165) is 27.9 Å². The molecule has 2 aromatic heterocycles. The topological polar surface area (TPSA) is 106 Å². The van der Waals surface area contributed by atoms with Crippen LogP contribution >= 0.6 is 11.8 Å². The summed E-state index contributed by atoms with van der Waals surface area (Å²) >= 11 is 1.28. The molecule has 0 radical (unpaired) electrons. The molecule has 35 heavy (non-hydrogen) atoms. The fourth-order valence-electron chi connectivity index (χ4n) is 3.86. The molecule has 0 fully saturated rings. The number of benzene rings is 2. The number of fused-ring (bicyclic) bond motifs is 3. The Hall–Kier alpha value is -3.15. The number of hydrogen-bond donors (Lipinski definition) is 1. The predicted molar refractivity (Wildman–Crippen MR) is 138 cm³/mol. The number of ether oxygens (including phenoxy) is 1. The molecule has 0 bridgehead atoms. The zero-order valence-electron chi connectivity index (χ0n) is 20.0.